The summed E-state index contributed by atoms with van der Waals surface area (Å²) in [6, 6.07) is 10.6. The summed E-state index contributed by atoms with van der Waals surface area (Å²) in [7, 11) is 0. The van der Waals surface area contributed by atoms with E-state index >= 15 is 0 Å². The molecule has 0 unspecified atom stereocenters. The van der Waals surface area contributed by atoms with Gasteiger partial charge in [-0.25, -0.2) is 13.8 Å². The van der Waals surface area contributed by atoms with Gasteiger partial charge in [0.1, 0.15) is 5.82 Å². The number of nitriles is 1. The quantitative estimate of drug-likeness (QED) is 0.886. The van der Waals surface area contributed by atoms with E-state index in [9.17, 15) is 8.78 Å². The van der Waals surface area contributed by atoms with Crippen LogP contribution in [0.5, 0.6) is 0 Å². The monoisotopic (exact) mass is 233 g/mol. The van der Waals surface area contributed by atoms with Crippen molar-refractivity contribution in [3.05, 3.63) is 35.9 Å². The fraction of sp³-hybridized carbons (Fsp3) is 0.167. The number of hydrogen-bond donors (Lipinski definition) is 1. The number of anilines is 1. The van der Waals surface area contributed by atoms with E-state index in [0.717, 1.165) is 5.39 Å². The van der Waals surface area contributed by atoms with E-state index in [0.29, 0.717) is 16.9 Å². The molecule has 0 aliphatic rings. The molecule has 5 heteroatoms. The van der Waals surface area contributed by atoms with Gasteiger partial charge in [0.05, 0.1) is 23.7 Å². The van der Waals surface area contributed by atoms with Crippen LogP contribution in [0.3, 0.4) is 0 Å². The molecule has 1 N–H and O–H groups in total. The van der Waals surface area contributed by atoms with Crippen molar-refractivity contribution in [2.24, 2.45) is 0 Å². The zero-order valence-electron chi connectivity index (χ0n) is 8.82. The second-order valence-corrected chi connectivity index (χ2v) is 3.46. The molecule has 3 nitrogen and oxygen atoms in total. The van der Waals surface area contributed by atoms with E-state index in [1.165, 1.54) is 6.07 Å². The molecule has 0 fully saturated rings. The Morgan fingerprint density at radius 1 is 1.35 bits per heavy atom. The third-order valence-electron chi connectivity index (χ3n) is 2.27. The first-order valence-electron chi connectivity index (χ1n) is 5.02. The van der Waals surface area contributed by atoms with Gasteiger partial charge in [-0.05, 0) is 12.1 Å². The van der Waals surface area contributed by atoms with Crippen LogP contribution in [0, 0.1) is 11.3 Å². The Bertz CT molecular complexity index is 575. The Morgan fingerprint density at radius 2 is 2.12 bits per heavy atom. The normalized spacial score (nSPS) is 10.5. The molecule has 1 heterocycles. The number of rotatable bonds is 3. The van der Waals surface area contributed by atoms with E-state index in [4.69, 9.17) is 5.26 Å². The number of benzene rings is 1. The van der Waals surface area contributed by atoms with E-state index in [-0.39, 0.29) is 0 Å². The molecule has 0 radical (unpaired) electrons. The molecule has 0 saturated carbocycles. The van der Waals surface area contributed by atoms with Crippen molar-refractivity contribution < 1.29 is 8.78 Å². The fourth-order valence-corrected chi connectivity index (χ4v) is 1.54. The first kappa shape index (κ1) is 11.3. The van der Waals surface area contributed by atoms with Crippen LogP contribution in [0.1, 0.15) is 5.56 Å². The van der Waals surface area contributed by atoms with Gasteiger partial charge in [0.2, 0.25) is 0 Å². The van der Waals surface area contributed by atoms with Gasteiger partial charge in [0.25, 0.3) is 6.43 Å². The Balaban J connectivity index is 2.43. The maximum absolute atomic E-state index is 12.1. The molecule has 86 valence electrons. The predicted octanol–water partition coefficient (Wildman–Crippen LogP) is 2.78. The third-order valence-corrected chi connectivity index (χ3v) is 2.27. The summed E-state index contributed by atoms with van der Waals surface area (Å²) >= 11 is 0. The second-order valence-electron chi connectivity index (χ2n) is 3.46. The lowest BCUT2D eigenvalue weighted by Crippen LogP contribution is -2.11. The molecular formula is C12H9F2N3. The van der Waals surface area contributed by atoms with Crippen LogP contribution in [0.2, 0.25) is 0 Å². The highest BCUT2D eigenvalue weighted by atomic mass is 19.3. The number of fused-ring (bicyclic) bond motifs is 1. The lowest BCUT2D eigenvalue weighted by atomic mass is 10.1. The zero-order chi connectivity index (χ0) is 12.3. The summed E-state index contributed by atoms with van der Waals surface area (Å²) < 4.78 is 24.1. The van der Waals surface area contributed by atoms with Crippen LogP contribution in [0.4, 0.5) is 14.6 Å². The Hall–Kier alpha value is -2.22. The summed E-state index contributed by atoms with van der Waals surface area (Å²) in [5, 5.41) is 12.2. The molecule has 0 aliphatic carbocycles. The van der Waals surface area contributed by atoms with Crippen molar-refractivity contribution in [1.82, 2.24) is 4.98 Å². The average Bonchev–Trinajstić information content (AvgIpc) is 2.35. The summed E-state index contributed by atoms with van der Waals surface area (Å²) in [5.74, 6) is 0.292. The SMILES string of the molecule is N#Cc1cc(NCC(F)F)nc2ccccc12. The second kappa shape index (κ2) is 4.74. The Kier molecular flexibility index (Phi) is 3.15. The van der Waals surface area contributed by atoms with Gasteiger partial charge in [-0.3, -0.25) is 0 Å². The summed E-state index contributed by atoms with van der Waals surface area (Å²) in [6.07, 6.45) is -2.45. The summed E-state index contributed by atoms with van der Waals surface area (Å²) in [4.78, 5) is 4.16. The third kappa shape index (κ3) is 2.48. The number of para-hydroxylation sites is 1. The van der Waals surface area contributed by atoms with Gasteiger partial charge in [0, 0.05) is 5.39 Å². The van der Waals surface area contributed by atoms with Gasteiger partial charge < -0.3 is 5.32 Å². The number of pyridine rings is 1. The lowest BCUT2D eigenvalue weighted by Gasteiger charge is -2.07. The molecule has 0 aliphatic heterocycles. The van der Waals surface area contributed by atoms with Crippen LogP contribution in [-0.2, 0) is 0 Å². The van der Waals surface area contributed by atoms with Crippen LogP contribution < -0.4 is 5.32 Å². The lowest BCUT2D eigenvalue weighted by molar-refractivity contribution is 0.163. The maximum atomic E-state index is 12.1. The number of nitrogens with zero attached hydrogens (tertiary/aromatic N) is 2. The van der Waals surface area contributed by atoms with Gasteiger partial charge in [-0.1, -0.05) is 18.2 Å². The van der Waals surface area contributed by atoms with Gasteiger partial charge in [-0.2, -0.15) is 5.26 Å². The number of aromatic nitrogens is 1. The van der Waals surface area contributed by atoms with Crippen LogP contribution in [0.25, 0.3) is 10.9 Å². The molecule has 1 aromatic carbocycles. The minimum absolute atomic E-state index is 0.292. The molecule has 0 bridgehead atoms. The Labute approximate surface area is 96.7 Å². The number of alkyl halides is 2. The number of nitrogens with one attached hydrogen (secondary N) is 1. The smallest absolute Gasteiger partial charge is 0.255 e. The number of hydrogen-bond acceptors (Lipinski definition) is 3. The van der Waals surface area contributed by atoms with E-state index in [1.54, 1.807) is 24.3 Å². The molecular weight excluding hydrogens is 224 g/mol. The molecule has 17 heavy (non-hydrogen) atoms. The molecule has 0 saturated heterocycles. The first-order valence-corrected chi connectivity index (χ1v) is 5.02. The summed E-state index contributed by atoms with van der Waals surface area (Å²) in [6.45, 7) is -0.476. The van der Waals surface area contributed by atoms with Crippen LogP contribution >= 0.6 is 0 Å². The summed E-state index contributed by atoms with van der Waals surface area (Å²) in [5.41, 5.74) is 1.04. The van der Waals surface area contributed by atoms with Crippen molar-refractivity contribution in [2.45, 2.75) is 6.43 Å². The average molecular weight is 233 g/mol. The van der Waals surface area contributed by atoms with Crippen LogP contribution in [0.15, 0.2) is 30.3 Å². The fourth-order valence-electron chi connectivity index (χ4n) is 1.54. The first-order chi connectivity index (χ1) is 8.20. The highest BCUT2D eigenvalue weighted by molar-refractivity contribution is 5.86. The number of halogens is 2. The molecule has 0 amide bonds. The zero-order valence-corrected chi connectivity index (χ0v) is 8.82. The van der Waals surface area contributed by atoms with Crippen molar-refractivity contribution in [2.75, 3.05) is 11.9 Å². The molecule has 1 aromatic heterocycles. The minimum atomic E-state index is -2.45. The van der Waals surface area contributed by atoms with Gasteiger partial charge in [0.15, 0.2) is 0 Å². The molecule has 2 aromatic rings. The van der Waals surface area contributed by atoms with Gasteiger partial charge in [-0.15, -0.1) is 0 Å². The largest absolute Gasteiger partial charge is 0.364 e. The van der Waals surface area contributed by atoms with Crippen molar-refractivity contribution in [3.8, 4) is 6.07 Å². The van der Waals surface area contributed by atoms with E-state index in [2.05, 4.69) is 10.3 Å². The highest BCUT2D eigenvalue weighted by Crippen LogP contribution is 2.19. The Morgan fingerprint density at radius 3 is 2.82 bits per heavy atom. The predicted molar refractivity (Wildman–Crippen MR) is 61.0 cm³/mol. The van der Waals surface area contributed by atoms with Gasteiger partial charge >= 0.3 is 0 Å². The van der Waals surface area contributed by atoms with E-state index < -0.39 is 13.0 Å². The minimum Gasteiger partial charge on any atom is -0.364 e. The van der Waals surface area contributed by atoms with Crippen molar-refractivity contribution in [1.29, 1.82) is 5.26 Å². The topological polar surface area (TPSA) is 48.7 Å². The van der Waals surface area contributed by atoms with E-state index in [1.807, 2.05) is 6.07 Å². The maximum Gasteiger partial charge on any atom is 0.255 e. The van der Waals surface area contributed by atoms with Crippen molar-refractivity contribution >= 4 is 16.7 Å². The standard InChI is InChI=1S/C12H9F2N3/c13-11(14)7-16-12-5-8(6-15)9-3-1-2-4-10(9)17-12/h1-5,11H,7H2,(H,16,17). The van der Waals surface area contributed by atoms with Crippen LogP contribution in [-0.4, -0.2) is 18.0 Å². The molecule has 2 rings (SSSR count). The highest BCUT2D eigenvalue weighted by Gasteiger charge is 2.07. The van der Waals surface area contributed by atoms with Crippen molar-refractivity contribution in [3.63, 3.8) is 0 Å². The molecule has 0 atom stereocenters. The molecule has 0 spiro atoms.